The van der Waals surface area contributed by atoms with Crippen molar-refractivity contribution in [2.24, 2.45) is 5.84 Å². The molecule has 2 aliphatic heterocycles. The van der Waals surface area contributed by atoms with Crippen molar-refractivity contribution in [3.05, 3.63) is 144 Å². The molecule has 6 rings (SSSR count). The van der Waals surface area contributed by atoms with Crippen molar-refractivity contribution in [1.29, 1.82) is 0 Å². The van der Waals surface area contributed by atoms with Crippen molar-refractivity contribution in [3.8, 4) is 0 Å². The van der Waals surface area contributed by atoms with E-state index in [-0.39, 0.29) is 5.01 Å². The molecule has 0 unspecified atom stereocenters. The number of nitrogens with zero attached hydrogens (tertiary/aromatic N) is 3. The Balaban J connectivity index is 1.22. The first-order valence-electron chi connectivity index (χ1n) is 14.3. The molecular weight excluding hydrogens is 588 g/mol. The highest BCUT2D eigenvalue weighted by atomic mass is 16.2. The Labute approximate surface area is 263 Å². The molecule has 4 N–H and O–H groups in total. The molecule has 2 aliphatic rings. The van der Waals surface area contributed by atoms with Gasteiger partial charge in [0.2, 0.25) is 0 Å². The van der Waals surface area contributed by atoms with Crippen molar-refractivity contribution in [3.63, 3.8) is 0 Å². The van der Waals surface area contributed by atoms with Gasteiger partial charge in [0.1, 0.15) is 13.1 Å². The van der Waals surface area contributed by atoms with Gasteiger partial charge in [0, 0.05) is 0 Å². The quantitative estimate of drug-likeness (QED) is 0.118. The van der Waals surface area contributed by atoms with E-state index in [0.717, 1.165) is 0 Å². The number of benzene rings is 4. The maximum absolute atomic E-state index is 13.9. The number of amides is 8. The lowest BCUT2D eigenvalue weighted by Gasteiger charge is -2.28. The predicted molar refractivity (Wildman–Crippen MR) is 164 cm³/mol. The first-order chi connectivity index (χ1) is 22.2. The summed E-state index contributed by atoms with van der Waals surface area (Å²) >= 11 is 0. The van der Waals surface area contributed by atoms with E-state index in [4.69, 9.17) is 5.84 Å². The first-order valence-corrected chi connectivity index (χ1v) is 14.3. The number of carbonyl (C=O) groups is 6. The Morgan fingerprint density at radius 3 is 1.04 bits per heavy atom. The zero-order valence-electron chi connectivity index (χ0n) is 24.3. The Hall–Kier alpha value is -6.14. The fraction of sp³-hybridized carbons (Fsp3) is 0.118. The summed E-state index contributed by atoms with van der Waals surface area (Å²) in [6.45, 7) is -1.74. The lowest BCUT2D eigenvalue weighted by atomic mass is 9.82. The summed E-state index contributed by atoms with van der Waals surface area (Å²) < 4.78 is 0. The van der Waals surface area contributed by atoms with Gasteiger partial charge in [-0.3, -0.25) is 29.0 Å². The molecule has 0 aliphatic carbocycles. The van der Waals surface area contributed by atoms with Gasteiger partial charge in [0.05, 0.1) is 0 Å². The molecule has 12 nitrogen and oxygen atoms in total. The van der Waals surface area contributed by atoms with Crippen molar-refractivity contribution in [1.82, 2.24) is 25.4 Å². The molecule has 2 heterocycles. The second-order valence-corrected chi connectivity index (χ2v) is 10.8. The van der Waals surface area contributed by atoms with E-state index in [9.17, 15) is 28.8 Å². The molecule has 8 amide bonds. The largest absolute Gasteiger partial charge is 0.326 e. The molecule has 4 aromatic rings. The molecule has 2 saturated heterocycles. The number of nitrogens with two attached hydrogens (primary N) is 1. The number of hydrogen-bond acceptors (Lipinski definition) is 7. The molecule has 46 heavy (non-hydrogen) atoms. The van der Waals surface area contributed by atoms with Crippen LogP contribution in [0, 0.1) is 0 Å². The zero-order chi connectivity index (χ0) is 32.5. The van der Waals surface area contributed by atoms with Gasteiger partial charge in [-0.2, -0.15) is 0 Å². The third-order valence-corrected chi connectivity index (χ3v) is 8.16. The molecule has 230 valence electrons. The standard InChI is InChI=1S/C34H28N6O6/c35-40(27(41)21-38-29(43)33(36-31(38)45,23-13-5-1-6-14-23)24-15-7-2-8-16-24)28(42)22-39-30(44)34(37-32(39)46,25-17-9-3-10-18-25)26-19-11-4-12-20-26/h1-20H,21-22,35H2,(H,36,45)(H,37,46). The topological polar surface area (TPSA) is 162 Å². The summed E-state index contributed by atoms with van der Waals surface area (Å²) in [5.74, 6) is 2.19. The van der Waals surface area contributed by atoms with Crippen LogP contribution >= 0.6 is 0 Å². The Bertz CT molecular complexity index is 1620. The van der Waals surface area contributed by atoms with Crippen LogP contribution in [0.4, 0.5) is 9.59 Å². The third-order valence-electron chi connectivity index (χ3n) is 8.16. The first kappa shape index (κ1) is 29.9. The third kappa shape index (κ3) is 4.77. The van der Waals surface area contributed by atoms with E-state index in [2.05, 4.69) is 10.6 Å². The molecule has 0 spiro atoms. The summed E-state index contributed by atoms with van der Waals surface area (Å²) in [5.41, 5.74) is -1.38. The van der Waals surface area contributed by atoms with Crippen molar-refractivity contribution in [2.75, 3.05) is 13.1 Å². The molecule has 0 aromatic heterocycles. The van der Waals surface area contributed by atoms with Crippen LogP contribution in [0.25, 0.3) is 0 Å². The zero-order valence-corrected chi connectivity index (χ0v) is 24.3. The van der Waals surface area contributed by atoms with Gasteiger partial charge in [0.15, 0.2) is 11.1 Å². The van der Waals surface area contributed by atoms with Gasteiger partial charge >= 0.3 is 12.1 Å². The number of nitrogens with one attached hydrogen (secondary N) is 2. The maximum atomic E-state index is 13.9. The van der Waals surface area contributed by atoms with Crippen LogP contribution in [0.15, 0.2) is 121 Å². The maximum Gasteiger partial charge on any atom is 0.326 e. The molecule has 4 aromatic carbocycles. The number of rotatable bonds is 8. The van der Waals surface area contributed by atoms with Gasteiger partial charge < -0.3 is 10.6 Å². The summed E-state index contributed by atoms with van der Waals surface area (Å²) in [6.07, 6.45) is 0. The smallest absolute Gasteiger partial charge is 0.315 e. The number of hydrazine groups is 1. The second-order valence-electron chi connectivity index (χ2n) is 10.8. The van der Waals surface area contributed by atoms with E-state index in [0.29, 0.717) is 32.1 Å². The lowest BCUT2D eigenvalue weighted by Crippen LogP contribution is -2.53. The minimum atomic E-state index is -1.62. The number of imide groups is 3. The van der Waals surface area contributed by atoms with Crippen LogP contribution in [0.1, 0.15) is 22.3 Å². The Kier molecular flexibility index (Phi) is 7.64. The molecule has 0 atom stereocenters. The second kappa shape index (κ2) is 11.7. The average Bonchev–Trinajstić information content (AvgIpc) is 3.50. The molecular formula is C34H28N6O6. The van der Waals surface area contributed by atoms with Crippen molar-refractivity contribution in [2.45, 2.75) is 11.1 Å². The van der Waals surface area contributed by atoms with Gasteiger partial charge in [-0.15, -0.1) is 0 Å². The fourth-order valence-electron chi connectivity index (χ4n) is 5.87. The molecule has 0 saturated carbocycles. The van der Waals surface area contributed by atoms with E-state index >= 15 is 0 Å². The summed E-state index contributed by atoms with van der Waals surface area (Å²) in [4.78, 5) is 82.0. The minimum Gasteiger partial charge on any atom is -0.315 e. The predicted octanol–water partition coefficient (Wildman–Crippen LogP) is 2.21. The van der Waals surface area contributed by atoms with Gasteiger partial charge in [-0.1, -0.05) is 121 Å². The van der Waals surface area contributed by atoms with Gasteiger partial charge in [-0.25, -0.2) is 20.4 Å². The summed E-state index contributed by atoms with van der Waals surface area (Å²) in [7, 11) is 0. The van der Waals surface area contributed by atoms with E-state index in [1.165, 1.54) is 0 Å². The summed E-state index contributed by atoms with van der Waals surface area (Å²) in [6, 6.07) is 32.5. The number of hydrogen-bond donors (Lipinski definition) is 3. The normalized spacial score (nSPS) is 16.6. The minimum absolute atomic E-state index is 0.206. The molecule has 12 heteroatoms. The van der Waals surface area contributed by atoms with E-state index in [1.807, 2.05) is 0 Å². The average molecular weight is 617 g/mol. The lowest BCUT2D eigenvalue weighted by molar-refractivity contribution is -0.149. The van der Waals surface area contributed by atoms with Crippen LogP contribution in [0.3, 0.4) is 0 Å². The van der Waals surface area contributed by atoms with Crippen LogP contribution in [-0.4, -0.2) is 63.6 Å². The van der Waals surface area contributed by atoms with E-state index < -0.39 is 59.9 Å². The van der Waals surface area contributed by atoms with Gasteiger partial charge in [0.25, 0.3) is 23.6 Å². The van der Waals surface area contributed by atoms with Crippen LogP contribution < -0.4 is 16.5 Å². The van der Waals surface area contributed by atoms with Crippen molar-refractivity contribution >= 4 is 35.7 Å². The molecule has 0 radical (unpaired) electrons. The Morgan fingerprint density at radius 2 is 0.783 bits per heavy atom. The van der Waals surface area contributed by atoms with Crippen LogP contribution in [0.5, 0.6) is 0 Å². The van der Waals surface area contributed by atoms with Gasteiger partial charge in [-0.05, 0) is 22.3 Å². The highest BCUT2D eigenvalue weighted by Gasteiger charge is 2.56. The molecule has 2 fully saturated rings. The number of urea groups is 2. The number of carbonyl (C=O) groups excluding carboxylic acids is 6. The van der Waals surface area contributed by atoms with E-state index in [1.54, 1.807) is 121 Å². The molecule has 0 bridgehead atoms. The SMILES string of the molecule is NN(C(=O)CN1C(=O)NC(c2ccccc2)(c2ccccc2)C1=O)C(=O)CN1C(=O)NC(c2ccccc2)(c2ccccc2)C1=O. The fourth-order valence-corrected chi connectivity index (χ4v) is 5.87. The summed E-state index contributed by atoms with van der Waals surface area (Å²) in [5, 5.41) is 5.64. The highest BCUT2D eigenvalue weighted by molar-refractivity contribution is 6.14. The van der Waals surface area contributed by atoms with Crippen LogP contribution in [-0.2, 0) is 30.3 Å². The monoisotopic (exact) mass is 616 g/mol. The highest BCUT2D eigenvalue weighted by Crippen LogP contribution is 2.37. The van der Waals surface area contributed by atoms with Crippen molar-refractivity contribution < 1.29 is 28.8 Å². The van der Waals surface area contributed by atoms with Crippen LogP contribution in [0.2, 0.25) is 0 Å². The Morgan fingerprint density at radius 1 is 0.522 bits per heavy atom.